The number of hydrogen-bond acceptors (Lipinski definition) is 8. The number of benzene rings is 1. The second-order valence-corrected chi connectivity index (χ2v) is 12.0. The normalized spacial score (nSPS) is 16.6. The molecule has 45 heavy (non-hydrogen) atoms. The van der Waals surface area contributed by atoms with Crippen molar-refractivity contribution in [1.82, 2.24) is 9.97 Å². The van der Waals surface area contributed by atoms with Crippen molar-refractivity contribution in [3.63, 3.8) is 0 Å². The Morgan fingerprint density at radius 1 is 1.18 bits per heavy atom. The number of carboxylic acids is 1. The zero-order chi connectivity index (χ0) is 32.1. The summed E-state index contributed by atoms with van der Waals surface area (Å²) in [5.74, 6) is -2.12. The fourth-order valence-electron chi connectivity index (χ4n) is 5.74. The van der Waals surface area contributed by atoms with E-state index in [4.69, 9.17) is 4.74 Å². The van der Waals surface area contributed by atoms with Crippen molar-refractivity contribution >= 4 is 40.1 Å². The van der Waals surface area contributed by atoms with E-state index in [0.29, 0.717) is 73.7 Å². The number of nitrogens with zero attached hydrogens (tertiary/aromatic N) is 4. The highest BCUT2D eigenvalue weighted by molar-refractivity contribution is 7.14. The lowest BCUT2D eigenvalue weighted by atomic mass is 9.86. The summed E-state index contributed by atoms with van der Waals surface area (Å²) >= 11 is 0.584. The van der Waals surface area contributed by atoms with E-state index in [-0.39, 0.29) is 40.4 Å². The van der Waals surface area contributed by atoms with E-state index in [2.05, 4.69) is 14.7 Å². The maximum atomic E-state index is 15.6. The minimum Gasteiger partial charge on any atom is -0.481 e. The molecule has 5 rings (SSSR count). The number of alkyl halides is 2. The van der Waals surface area contributed by atoms with Gasteiger partial charge in [0.25, 0.3) is 0 Å². The lowest BCUT2D eigenvalue weighted by Crippen LogP contribution is -2.35. The molecule has 2 aromatic heterocycles. The van der Waals surface area contributed by atoms with Crippen molar-refractivity contribution in [2.24, 2.45) is 11.8 Å². The van der Waals surface area contributed by atoms with Crippen LogP contribution in [0.4, 0.5) is 24.1 Å². The Hall–Kier alpha value is -4.04. The van der Waals surface area contributed by atoms with E-state index in [0.717, 1.165) is 17.7 Å². The van der Waals surface area contributed by atoms with Gasteiger partial charge in [0, 0.05) is 56.5 Å². The molecule has 14 heteroatoms. The van der Waals surface area contributed by atoms with E-state index in [9.17, 15) is 28.3 Å². The largest absolute Gasteiger partial charge is 0.481 e. The number of anilines is 2. The number of halogens is 3. The van der Waals surface area contributed by atoms with Gasteiger partial charge in [-0.25, -0.2) is 9.97 Å². The summed E-state index contributed by atoms with van der Waals surface area (Å²) in [5.41, 5.74) is 0.854. The minimum atomic E-state index is -3.12. The summed E-state index contributed by atoms with van der Waals surface area (Å²) in [7, 11) is 1.41. The highest BCUT2D eigenvalue weighted by Crippen LogP contribution is 2.40. The third-order valence-electron chi connectivity index (χ3n) is 8.05. The Morgan fingerprint density at radius 3 is 2.62 bits per heavy atom. The van der Waals surface area contributed by atoms with E-state index in [1.165, 1.54) is 31.4 Å². The molecule has 10 nitrogen and oxygen atoms in total. The average molecular weight is 647 g/mol. The molecule has 0 radical (unpaired) electrons. The zero-order valence-electron chi connectivity index (χ0n) is 24.6. The summed E-state index contributed by atoms with van der Waals surface area (Å²) in [6, 6.07) is 7.42. The summed E-state index contributed by atoms with van der Waals surface area (Å²) < 4.78 is 51.8. The van der Waals surface area contributed by atoms with Crippen LogP contribution in [0, 0.1) is 17.0 Å². The smallest absolute Gasteiger partial charge is 0.387 e. The van der Waals surface area contributed by atoms with Crippen LogP contribution in [0.3, 0.4) is 0 Å². The van der Waals surface area contributed by atoms with E-state index in [1.807, 2.05) is 0 Å². The molecule has 1 aromatic carbocycles. The molecule has 3 aromatic rings. The molecule has 2 fully saturated rings. The summed E-state index contributed by atoms with van der Waals surface area (Å²) in [5, 5.41) is 8.69. The first-order valence-electron chi connectivity index (χ1n) is 14.7. The van der Waals surface area contributed by atoms with E-state index < -0.39 is 29.5 Å². The maximum Gasteiger partial charge on any atom is 0.387 e. The fourth-order valence-corrected chi connectivity index (χ4v) is 6.51. The van der Waals surface area contributed by atoms with Gasteiger partial charge in [0.05, 0.1) is 6.42 Å². The molecule has 240 valence electrons. The van der Waals surface area contributed by atoms with Crippen LogP contribution >= 0.6 is 11.3 Å². The standard InChI is InChI=1S/C31H33F3N4O6S/c1-37(29(42)20(15-26(40)41)14-18-9-12-43-13-10-18)31-36-27(28(32)45-31)23-16-21(44-30(33)34)6-7-22(23)19-5-8-24(35-17-19)38-11-3-2-4-25(38)39/h5-8,16-18,20,30H,2-4,9-15H2,1H3,(H,40,41). The van der Waals surface area contributed by atoms with Crippen molar-refractivity contribution in [1.29, 1.82) is 0 Å². The quantitative estimate of drug-likeness (QED) is 0.269. The van der Waals surface area contributed by atoms with Gasteiger partial charge in [0.1, 0.15) is 17.3 Å². The number of aliphatic carboxylic acids is 1. The Kier molecular flexibility index (Phi) is 10.3. The van der Waals surface area contributed by atoms with E-state index in [1.54, 1.807) is 17.0 Å². The summed E-state index contributed by atoms with van der Waals surface area (Å²) in [4.78, 5) is 49.0. The van der Waals surface area contributed by atoms with Gasteiger partial charge < -0.3 is 14.6 Å². The van der Waals surface area contributed by atoms with Gasteiger partial charge in [-0.2, -0.15) is 13.2 Å². The van der Waals surface area contributed by atoms with Crippen LogP contribution in [0.1, 0.15) is 44.9 Å². The van der Waals surface area contributed by atoms with Crippen LogP contribution < -0.4 is 14.5 Å². The van der Waals surface area contributed by atoms with Gasteiger partial charge in [-0.05, 0) is 73.9 Å². The van der Waals surface area contributed by atoms with E-state index >= 15 is 4.39 Å². The zero-order valence-corrected chi connectivity index (χ0v) is 25.4. The molecule has 2 aliphatic rings. The second-order valence-electron chi connectivity index (χ2n) is 11.1. The summed E-state index contributed by atoms with van der Waals surface area (Å²) in [6.45, 7) is -1.48. The number of carbonyl (C=O) groups is 3. The third kappa shape index (κ3) is 7.79. The molecule has 1 N–H and O–H groups in total. The minimum absolute atomic E-state index is 0.0157. The lowest BCUT2D eigenvalue weighted by molar-refractivity contribution is -0.141. The number of rotatable bonds is 11. The number of pyridine rings is 1. The monoisotopic (exact) mass is 646 g/mol. The van der Waals surface area contributed by atoms with Gasteiger partial charge in [-0.1, -0.05) is 11.3 Å². The molecule has 0 saturated carbocycles. The SMILES string of the molecule is CN(C(=O)C(CC(=O)O)CC1CCOCC1)c1nc(-c2cc(OC(F)F)ccc2-c2ccc(N3CCCCC3=O)nc2)c(F)s1. The van der Waals surface area contributed by atoms with Crippen molar-refractivity contribution in [2.45, 2.75) is 51.6 Å². The van der Waals surface area contributed by atoms with Crippen LogP contribution in [0.5, 0.6) is 5.75 Å². The van der Waals surface area contributed by atoms with Crippen molar-refractivity contribution < 1.29 is 42.1 Å². The molecule has 0 aliphatic carbocycles. The van der Waals surface area contributed by atoms with Crippen molar-refractivity contribution in [2.75, 3.05) is 36.6 Å². The van der Waals surface area contributed by atoms with Crippen molar-refractivity contribution in [3.8, 4) is 28.1 Å². The Bertz CT molecular complexity index is 1530. The lowest BCUT2D eigenvalue weighted by Gasteiger charge is -2.27. The van der Waals surface area contributed by atoms with Gasteiger partial charge in [-0.15, -0.1) is 0 Å². The molecule has 1 unspecified atom stereocenters. The third-order valence-corrected chi connectivity index (χ3v) is 8.97. The Labute approximate surface area is 261 Å². The Morgan fingerprint density at radius 2 is 1.96 bits per heavy atom. The highest BCUT2D eigenvalue weighted by atomic mass is 32.1. The topological polar surface area (TPSA) is 122 Å². The predicted octanol–water partition coefficient (Wildman–Crippen LogP) is 6.00. The van der Waals surface area contributed by atoms with Crippen LogP contribution in [0.25, 0.3) is 22.4 Å². The highest BCUT2D eigenvalue weighted by Gasteiger charge is 2.31. The molecule has 2 saturated heterocycles. The number of aromatic nitrogens is 2. The second kappa shape index (κ2) is 14.4. The number of piperidine rings is 1. The van der Waals surface area contributed by atoms with Crippen molar-refractivity contribution in [3.05, 3.63) is 41.7 Å². The fraction of sp³-hybridized carbons (Fsp3) is 0.452. The first kappa shape index (κ1) is 32.4. The molecule has 0 spiro atoms. The van der Waals surface area contributed by atoms with Crippen LogP contribution in [-0.2, 0) is 19.1 Å². The molecule has 0 bridgehead atoms. The molecule has 1 atom stereocenters. The first-order chi connectivity index (χ1) is 21.6. The maximum absolute atomic E-state index is 15.6. The van der Waals surface area contributed by atoms with Gasteiger partial charge in [0.15, 0.2) is 5.13 Å². The van der Waals surface area contributed by atoms with Crippen LogP contribution in [0.15, 0.2) is 36.5 Å². The number of amides is 2. The average Bonchev–Trinajstić information content (AvgIpc) is 3.41. The molecular weight excluding hydrogens is 613 g/mol. The molecular formula is C31H33F3N4O6S. The molecule has 2 amide bonds. The van der Waals surface area contributed by atoms with Crippen LogP contribution in [0.2, 0.25) is 0 Å². The first-order valence-corrected chi connectivity index (χ1v) is 15.5. The summed E-state index contributed by atoms with van der Waals surface area (Å²) in [6.07, 6.45) is 5.03. The predicted molar refractivity (Wildman–Crippen MR) is 161 cm³/mol. The Balaban J connectivity index is 1.46. The van der Waals surface area contributed by atoms with Gasteiger partial charge in [0.2, 0.25) is 16.9 Å². The molecule has 2 aliphatic heterocycles. The molecule has 4 heterocycles. The number of carbonyl (C=O) groups excluding carboxylic acids is 2. The van der Waals surface area contributed by atoms with Gasteiger partial charge in [-0.3, -0.25) is 24.2 Å². The number of hydrogen-bond donors (Lipinski definition) is 1. The number of ether oxygens (including phenoxy) is 2. The number of thiazole rings is 1. The van der Waals surface area contributed by atoms with Gasteiger partial charge >= 0.3 is 12.6 Å². The number of carboxylic acid groups (broad SMARTS) is 1. The van der Waals surface area contributed by atoms with Crippen LogP contribution in [-0.4, -0.2) is 66.3 Å².